The second-order valence-electron chi connectivity index (χ2n) is 7.66. The minimum atomic E-state index is 0.0288. The molecular formula is C20H34O. The molecule has 0 aromatic heterocycles. The van der Waals surface area contributed by atoms with E-state index in [1.54, 1.807) is 0 Å². The summed E-state index contributed by atoms with van der Waals surface area (Å²) in [5.74, 6) is 0.532. The van der Waals surface area contributed by atoms with Gasteiger partial charge in [0.15, 0.2) is 0 Å². The fourth-order valence-corrected chi connectivity index (χ4v) is 3.45. The van der Waals surface area contributed by atoms with Gasteiger partial charge in [0.25, 0.3) is 0 Å². The number of hydrogen-bond acceptors (Lipinski definition) is 1. The van der Waals surface area contributed by atoms with E-state index in [1.165, 1.54) is 5.56 Å². The third-order valence-electron chi connectivity index (χ3n) is 4.79. The van der Waals surface area contributed by atoms with Gasteiger partial charge in [-0.15, -0.1) is 0 Å². The summed E-state index contributed by atoms with van der Waals surface area (Å²) >= 11 is 0. The highest BCUT2D eigenvalue weighted by Gasteiger charge is 2.30. The molecule has 0 radical (unpaired) electrons. The van der Waals surface area contributed by atoms with Crippen molar-refractivity contribution in [3.63, 3.8) is 0 Å². The quantitative estimate of drug-likeness (QED) is 0.642. The largest absolute Gasteiger partial charge is 0.507 e. The minimum Gasteiger partial charge on any atom is -0.507 e. The molecule has 0 unspecified atom stereocenters. The lowest BCUT2D eigenvalue weighted by Gasteiger charge is -2.32. The molecule has 1 N–H and O–H groups in total. The molecular weight excluding hydrogens is 256 g/mol. The van der Waals surface area contributed by atoms with Crippen LogP contribution in [-0.4, -0.2) is 5.11 Å². The Labute approximate surface area is 131 Å². The van der Waals surface area contributed by atoms with Crippen LogP contribution in [0, 0.1) is 0 Å². The zero-order valence-electron chi connectivity index (χ0n) is 15.1. The van der Waals surface area contributed by atoms with Gasteiger partial charge in [-0.05, 0) is 35.7 Å². The van der Waals surface area contributed by atoms with Gasteiger partial charge in [0.2, 0.25) is 0 Å². The molecule has 0 aliphatic carbocycles. The number of rotatable bonds is 7. The van der Waals surface area contributed by atoms with Crippen LogP contribution in [0.1, 0.15) is 90.8 Å². The maximum atomic E-state index is 10.9. The van der Waals surface area contributed by atoms with Crippen molar-refractivity contribution in [2.45, 2.75) is 91.4 Å². The van der Waals surface area contributed by atoms with Crippen molar-refractivity contribution in [3.05, 3.63) is 28.8 Å². The summed E-state index contributed by atoms with van der Waals surface area (Å²) in [4.78, 5) is 0. The lowest BCUT2D eigenvalue weighted by molar-refractivity contribution is 0.388. The van der Waals surface area contributed by atoms with Gasteiger partial charge in [0.05, 0.1) is 0 Å². The van der Waals surface area contributed by atoms with Crippen molar-refractivity contribution in [2.24, 2.45) is 0 Å². The Balaban J connectivity index is 3.47. The minimum absolute atomic E-state index is 0.0288. The predicted molar refractivity (Wildman–Crippen MR) is 93.4 cm³/mol. The highest BCUT2D eigenvalue weighted by atomic mass is 16.3. The number of phenols is 1. The van der Waals surface area contributed by atoms with Crippen LogP contribution in [0.2, 0.25) is 0 Å². The van der Waals surface area contributed by atoms with E-state index in [4.69, 9.17) is 0 Å². The summed E-state index contributed by atoms with van der Waals surface area (Å²) in [5, 5.41) is 10.9. The molecule has 0 aliphatic rings. The number of benzene rings is 1. The second kappa shape index (κ2) is 6.85. The second-order valence-corrected chi connectivity index (χ2v) is 7.66. The zero-order valence-corrected chi connectivity index (χ0v) is 15.1. The van der Waals surface area contributed by atoms with Crippen molar-refractivity contribution >= 4 is 0 Å². The lowest BCUT2D eigenvalue weighted by atomic mass is 9.73. The van der Waals surface area contributed by atoms with Crippen molar-refractivity contribution in [2.75, 3.05) is 0 Å². The summed E-state index contributed by atoms with van der Waals surface area (Å²) < 4.78 is 0. The van der Waals surface area contributed by atoms with Crippen LogP contribution >= 0.6 is 0 Å². The van der Waals surface area contributed by atoms with Gasteiger partial charge in [0.1, 0.15) is 5.75 Å². The Kier molecular flexibility index (Phi) is 5.90. The maximum Gasteiger partial charge on any atom is 0.123 e. The molecule has 1 aromatic rings. The van der Waals surface area contributed by atoms with Crippen LogP contribution in [0.3, 0.4) is 0 Å². The SMILES string of the molecule is CCCC(C)(C)c1cc(CC)cc(C(C)(C)CCC)c1O. The van der Waals surface area contributed by atoms with Crippen molar-refractivity contribution in [3.8, 4) is 5.75 Å². The first-order chi connectivity index (χ1) is 9.69. The molecule has 0 saturated carbocycles. The summed E-state index contributed by atoms with van der Waals surface area (Å²) in [5.41, 5.74) is 3.65. The van der Waals surface area contributed by atoms with Gasteiger partial charge in [-0.3, -0.25) is 0 Å². The molecule has 21 heavy (non-hydrogen) atoms. The van der Waals surface area contributed by atoms with Gasteiger partial charge in [0, 0.05) is 11.1 Å². The molecule has 1 rings (SSSR count). The molecule has 1 aromatic carbocycles. The van der Waals surface area contributed by atoms with E-state index >= 15 is 0 Å². The summed E-state index contributed by atoms with van der Waals surface area (Å²) in [6, 6.07) is 4.44. The summed E-state index contributed by atoms with van der Waals surface area (Å²) in [6.07, 6.45) is 5.49. The topological polar surface area (TPSA) is 20.2 Å². The molecule has 0 amide bonds. The van der Waals surface area contributed by atoms with E-state index in [9.17, 15) is 5.11 Å². The fourth-order valence-electron chi connectivity index (χ4n) is 3.45. The van der Waals surface area contributed by atoms with Gasteiger partial charge in [-0.25, -0.2) is 0 Å². The smallest absolute Gasteiger partial charge is 0.123 e. The Bertz CT molecular complexity index is 430. The van der Waals surface area contributed by atoms with Gasteiger partial charge >= 0.3 is 0 Å². The Morgan fingerprint density at radius 3 is 1.48 bits per heavy atom. The lowest BCUT2D eigenvalue weighted by Crippen LogP contribution is -2.22. The van der Waals surface area contributed by atoms with E-state index in [0.717, 1.165) is 43.2 Å². The highest BCUT2D eigenvalue weighted by Crippen LogP contribution is 2.43. The van der Waals surface area contributed by atoms with Crippen molar-refractivity contribution in [1.29, 1.82) is 0 Å². The predicted octanol–water partition coefficient (Wildman–Crippen LogP) is 6.11. The number of aryl methyl sites for hydroxylation is 1. The van der Waals surface area contributed by atoms with Gasteiger partial charge < -0.3 is 5.11 Å². The third-order valence-corrected chi connectivity index (χ3v) is 4.79. The monoisotopic (exact) mass is 290 g/mol. The molecule has 120 valence electrons. The van der Waals surface area contributed by atoms with Crippen LogP contribution in [0.4, 0.5) is 0 Å². The summed E-state index contributed by atoms with van der Waals surface area (Å²) in [6.45, 7) is 15.6. The first-order valence-electron chi connectivity index (χ1n) is 8.56. The van der Waals surface area contributed by atoms with Crippen molar-refractivity contribution in [1.82, 2.24) is 0 Å². The van der Waals surface area contributed by atoms with E-state index in [-0.39, 0.29) is 10.8 Å². The van der Waals surface area contributed by atoms with E-state index in [2.05, 4.69) is 60.6 Å². The number of phenolic OH excluding ortho intramolecular Hbond substituents is 1. The zero-order chi connectivity index (χ0) is 16.3. The molecule has 1 nitrogen and oxygen atoms in total. The van der Waals surface area contributed by atoms with Crippen LogP contribution in [0.15, 0.2) is 12.1 Å². The molecule has 0 spiro atoms. The van der Waals surface area contributed by atoms with Crippen LogP contribution in [0.25, 0.3) is 0 Å². The fraction of sp³-hybridized carbons (Fsp3) is 0.700. The molecule has 1 heteroatoms. The summed E-state index contributed by atoms with van der Waals surface area (Å²) in [7, 11) is 0. The standard InChI is InChI=1S/C20H34O/c1-8-11-19(4,5)16-13-15(10-3)14-17(18(16)21)20(6,7)12-9-2/h13-14,21H,8-12H2,1-7H3. The first-order valence-corrected chi connectivity index (χ1v) is 8.56. The molecule has 0 atom stereocenters. The van der Waals surface area contributed by atoms with Crippen molar-refractivity contribution < 1.29 is 5.11 Å². The number of aromatic hydroxyl groups is 1. The normalized spacial score (nSPS) is 12.7. The average molecular weight is 290 g/mol. The van der Waals surface area contributed by atoms with Crippen LogP contribution in [0.5, 0.6) is 5.75 Å². The molecule has 0 aliphatic heterocycles. The van der Waals surface area contributed by atoms with Gasteiger partial charge in [-0.2, -0.15) is 0 Å². The third kappa shape index (κ3) is 4.02. The van der Waals surface area contributed by atoms with Crippen LogP contribution in [-0.2, 0) is 17.3 Å². The van der Waals surface area contributed by atoms with E-state index in [1.807, 2.05) is 0 Å². The van der Waals surface area contributed by atoms with E-state index < -0.39 is 0 Å². The molecule has 0 heterocycles. The Morgan fingerprint density at radius 2 is 1.19 bits per heavy atom. The maximum absolute atomic E-state index is 10.9. The van der Waals surface area contributed by atoms with Crippen LogP contribution < -0.4 is 0 Å². The Hall–Kier alpha value is -0.980. The molecule has 0 bridgehead atoms. The average Bonchev–Trinajstić information content (AvgIpc) is 2.38. The number of hydrogen-bond donors (Lipinski definition) is 1. The van der Waals surface area contributed by atoms with E-state index in [0.29, 0.717) is 5.75 Å². The first kappa shape index (κ1) is 18.1. The highest BCUT2D eigenvalue weighted by molar-refractivity contribution is 5.50. The molecule has 0 fully saturated rings. The molecule has 0 saturated heterocycles. The Morgan fingerprint density at radius 1 is 0.810 bits per heavy atom. The van der Waals surface area contributed by atoms with Gasteiger partial charge in [-0.1, -0.05) is 73.4 Å².